The Morgan fingerprint density at radius 1 is 0.346 bits per heavy atom. The Balaban J connectivity index is 1.34. The molecule has 0 amide bonds. The fourth-order valence-corrected chi connectivity index (χ4v) is 6.56. The molecule has 4 nitrogen and oxygen atoms in total. The van der Waals surface area contributed by atoms with Crippen molar-refractivity contribution in [3.8, 4) is 67.5 Å². The number of hydrogen-bond acceptors (Lipinski definition) is 4. The molecule has 258 valence electrons. The van der Waals surface area contributed by atoms with Crippen LogP contribution in [0.4, 0.5) is 0 Å². The largest absolute Gasteiger partial charge is 0.258 e. The van der Waals surface area contributed by atoms with E-state index in [-0.39, 0.29) is 10.8 Å². The van der Waals surface area contributed by atoms with E-state index in [1.807, 2.05) is 19.1 Å². The smallest absolute Gasteiger partial charge is 0.164 e. The van der Waals surface area contributed by atoms with Crippen LogP contribution in [0.5, 0.6) is 0 Å². The van der Waals surface area contributed by atoms with E-state index in [1.165, 1.54) is 22.3 Å². The van der Waals surface area contributed by atoms with Crippen molar-refractivity contribution in [2.24, 2.45) is 0 Å². The molecule has 0 unspecified atom stereocenters. The summed E-state index contributed by atoms with van der Waals surface area (Å²) in [5, 5.41) is 0. The molecule has 0 spiro atoms. The third-order valence-electron chi connectivity index (χ3n) is 9.71. The Kier molecular flexibility index (Phi) is 9.18. The fraction of sp³-hybridized carbons (Fsp3) is 0.208. The highest BCUT2D eigenvalue weighted by molar-refractivity contribution is 5.82. The van der Waals surface area contributed by atoms with Crippen LogP contribution in [0.3, 0.4) is 0 Å². The first-order valence-electron chi connectivity index (χ1n) is 18.1. The summed E-state index contributed by atoms with van der Waals surface area (Å²) < 4.78 is 0. The van der Waals surface area contributed by atoms with Gasteiger partial charge in [-0.15, -0.1) is 0 Å². The van der Waals surface area contributed by atoms with Crippen LogP contribution >= 0.6 is 0 Å². The molecule has 0 fully saturated rings. The summed E-state index contributed by atoms with van der Waals surface area (Å²) in [7, 11) is 0. The second kappa shape index (κ2) is 13.8. The van der Waals surface area contributed by atoms with Gasteiger partial charge in [-0.1, -0.05) is 169 Å². The summed E-state index contributed by atoms with van der Waals surface area (Å²) in [6, 6.07) is 47.1. The van der Waals surface area contributed by atoms with E-state index in [0.717, 1.165) is 50.3 Å². The minimum atomic E-state index is 0.0394. The second-order valence-corrected chi connectivity index (χ2v) is 15.8. The van der Waals surface area contributed by atoms with Gasteiger partial charge in [-0.05, 0) is 69.7 Å². The van der Waals surface area contributed by atoms with Gasteiger partial charge in [-0.25, -0.2) is 15.0 Å². The Labute approximate surface area is 308 Å². The summed E-state index contributed by atoms with van der Waals surface area (Å²) in [6.07, 6.45) is 0. The fourth-order valence-electron chi connectivity index (χ4n) is 6.56. The van der Waals surface area contributed by atoms with E-state index in [0.29, 0.717) is 17.5 Å². The third-order valence-corrected chi connectivity index (χ3v) is 9.71. The number of nitrogens with zero attached hydrogens (tertiary/aromatic N) is 4. The first-order valence-corrected chi connectivity index (χ1v) is 18.1. The number of aryl methyl sites for hydroxylation is 2. The minimum Gasteiger partial charge on any atom is -0.258 e. The van der Waals surface area contributed by atoms with Crippen molar-refractivity contribution in [3.05, 3.63) is 156 Å². The zero-order valence-electron chi connectivity index (χ0n) is 31.5. The predicted molar refractivity (Wildman–Crippen MR) is 217 cm³/mol. The lowest BCUT2D eigenvalue weighted by Crippen LogP contribution is -2.16. The molecule has 0 aliphatic heterocycles. The normalized spacial score (nSPS) is 11.8. The number of pyridine rings is 1. The van der Waals surface area contributed by atoms with Gasteiger partial charge in [-0.3, -0.25) is 4.98 Å². The first-order chi connectivity index (χ1) is 24.8. The van der Waals surface area contributed by atoms with E-state index in [9.17, 15) is 0 Å². The van der Waals surface area contributed by atoms with Crippen molar-refractivity contribution in [1.29, 1.82) is 0 Å². The molecule has 0 saturated heterocycles. The van der Waals surface area contributed by atoms with Crippen molar-refractivity contribution in [2.45, 2.75) is 66.2 Å². The predicted octanol–water partition coefficient (Wildman–Crippen LogP) is 12.5. The maximum absolute atomic E-state index is 5.14. The van der Waals surface area contributed by atoms with Gasteiger partial charge in [0, 0.05) is 33.6 Å². The minimum absolute atomic E-state index is 0.0394. The van der Waals surface area contributed by atoms with Crippen molar-refractivity contribution in [3.63, 3.8) is 0 Å². The molecule has 7 rings (SSSR count). The van der Waals surface area contributed by atoms with Gasteiger partial charge in [0.1, 0.15) is 0 Å². The molecule has 7 aromatic rings. The monoisotopic (exact) mass is 678 g/mol. The molecule has 0 N–H and O–H groups in total. The lowest BCUT2D eigenvalue weighted by Gasteiger charge is -2.26. The summed E-state index contributed by atoms with van der Waals surface area (Å²) >= 11 is 0. The van der Waals surface area contributed by atoms with Gasteiger partial charge in [-0.2, -0.15) is 0 Å². The molecule has 0 radical (unpaired) electrons. The molecule has 0 atom stereocenters. The lowest BCUT2D eigenvalue weighted by molar-refractivity contribution is 0.569. The van der Waals surface area contributed by atoms with Crippen LogP contribution in [0.15, 0.2) is 133 Å². The Morgan fingerprint density at radius 3 is 1.35 bits per heavy atom. The quantitative estimate of drug-likeness (QED) is 0.176. The Morgan fingerprint density at radius 2 is 0.808 bits per heavy atom. The SMILES string of the molecule is Cc1ccc(-c2ccc(-c3nc(-c4ccc(-c5cc(C(C)(C)C)cc(C(C)(C)C)c5)cc4)nc(-c4ccccc4-c4ccccc4)n3)cc2)c(C)n1. The highest BCUT2D eigenvalue weighted by Crippen LogP contribution is 2.36. The van der Waals surface area contributed by atoms with Crippen molar-refractivity contribution in [1.82, 2.24) is 19.9 Å². The van der Waals surface area contributed by atoms with Crippen molar-refractivity contribution >= 4 is 0 Å². The third kappa shape index (κ3) is 7.34. The molecule has 0 aliphatic rings. The van der Waals surface area contributed by atoms with Crippen molar-refractivity contribution in [2.75, 3.05) is 0 Å². The van der Waals surface area contributed by atoms with Gasteiger partial charge in [0.15, 0.2) is 17.5 Å². The van der Waals surface area contributed by atoms with Gasteiger partial charge >= 0.3 is 0 Å². The number of aromatic nitrogens is 4. The topological polar surface area (TPSA) is 51.6 Å². The van der Waals surface area contributed by atoms with Crippen LogP contribution in [0.1, 0.15) is 64.1 Å². The van der Waals surface area contributed by atoms with E-state index < -0.39 is 0 Å². The van der Waals surface area contributed by atoms with Crippen molar-refractivity contribution < 1.29 is 0 Å². The Bertz CT molecular complexity index is 2330. The number of benzene rings is 5. The maximum atomic E-state index is 5.14. The van der Waals surface area contributed by atoms with Gasteiger partial charge in [0.05, 0.1) is 0 Å². The highest BCUT2D eigenvalue weighted by Gasteiger charge is 2.21. The molecule has 4 heteroatoms. The highest BCUT2D eigenvalue weighted by atomic mass is 15.0. The Hall–Kier alpha value is -5.74. The van der Waals surface area contributed by atoms with Gasteiger partial charge in [0.25, 0.3) is 0 Å². The van der Waals surface area contributed by atoms with E-state index in [4.69, 9.17) is 15.0 Å². The van der Waals surface area contributed by atoms with Crippen LogP contribution in [0.25, 0.3) is 67.5 Å². The average molecular weight is 679 g/mol. The molecule has 52 heavy (non-hydrogen) atoms. The van der Waals surface area contributed by atoms with E-state index >= 15 is 0 Å². The van der Waals surface area contributed by atoms with Crippen LogP contribution in [-0.2, 0) is 10.8 Å². The molecular weight excluding hydrogens is 633 g/mol. The average Bonchev–Trinajstić information content (AvgIpc) is 3.14. The maximum Gasteiger partial charge on any atom is 0.164 e. The van der Waals surface area contributed by atoms with Gasteiger partial charge in [0.2, 0.25) is 0 Å². The molecule has 0 saturated carbocycles. The molecule has 2 heterocycles. The zero-order valence-corrected chi connectivity index (χ0v) is 31.5. The lowest BCUT2D eigenvalue weighted by atomic mass is 9.79. The van der Waals surface area contributed by atoms with Crippen LogP contribution in [0, 0.1) is 13.8 Å². The van der Waals surface area contributed by atoms with Gasteiger partial charge < -0.3 is 0 Å². The van der Waals surface area contributed by atoms with Crippen LogP contribution in [-0.4, -0.2) is 19.9 Å². The molecule has 5 aromatic carbocycles. The molecular formula is C48H46N4. The first kappa shape index (κ1) is 34.7. The van der Waals surface area contributed by atoms with E-state index in [1.54, 1.807) is 0 Å². The summed E-state index contributed by atoms with van der Waals surface area (Å²) in [5.74, 6) is 1.90. The molecule has 0 aliphatic carbocycles. The summed E-state index contributed by atoms with van der Waals surface area (Å²) in [6.45, 7) is 17.8. The van der Waals surface area contributed by atoms with E-state index in [2.05, 4.69) is 175 Å². The second-order valence-electron chi connectivity index (χ2n) is 15.8. The number of rotatable bonds is 6. The molecule has 0 bridgehead atoms. The summed E-state index contributed by atoms with van der Waals surface area (Å²) in [5.41, 5.74) is 14.4. The summed E-state index contributed by atoms with van der Waals surface area (Å²) in [4.78, 5) is 20.0. The number of hydrogen-bond donors (Lipinski definition) is 0. The van der Waals surface area contributed by atoms with Crippen LogP contribution in [0.2, 0.25) is 0 Å². The standard InChI is InChI=1S/C48H46N4/c1-31-18-27-41(32(2)49-31)35-21-25-37(26-22-35)45-50-44(51-46(52-45)43-17-13-12-16-42(43)34-14-10-9-11-15-34)36-23-19-33(20-24-36)38-28-39(47(3,4)5)30-40(29-38)48(6,7)8/h9-30H,1-8H3. The molecule has 2 aromatic heterocycles. The zero-order chi connectivity index (χ0) is 36.6. The van der Waals surface area contributed by atoms with Crippen LogP contribution < -0.4 is 0 Å².